The van der Waals surface area contributed by atoms with Gasteiger partial charge in [-0.05, 0) is 45.8 Å². The molecule has 0 aromatic carbocycles. The molecule has 6 heteroatoms. The minimum atomic E-state index is -4.14. The number of rotatable bonds is 9. The van der Waals surface area contributed by atoms with Crippen LogP contribution in [0, 0.1) is 11.3 Å². The van der Waals surface area contributed by atoms with Gasteiger partial charge in [-0.1, -0.05) is 13.8 Å². The van der Waals surface area contributed by atoms with Crippen molar-refractivity contribution in [3.8, 4) is 6.07 Å². The van der Waals surface area contributed by atoms with Crippen LogP contribution < -0.4 is 5.32 Å². The number of unbranched alkanes of at least 4 members (excludes halogenated alkanes) is 1. The van der Waals surface area contributed by atoms with E-state index >= 15 is 0 Å². The van der Waals surface area contributed by atoms with Gasteiger partial charge in [-0.25, -0.2) is 0 Å². The molecular formula is C13H24F3N3. The van der Waals surface area contributed by atoms with Gasteiger partial charge in [0.05, 0.1) is 12.6 Å². The molecule has 0 rings (SSSR count). The third kappa shape index (κ3) is 8.84. The van der Waals surface area contributed by atoms with Crippen LogP contribution in [0.2, 0.25) is 0 Å². The van der Waals surface area contributed by atoms with Crippen molar-refractivity contribution in [2.75, 3.05) is 26.2 Å². The monoisotopic (exact) mass is 279 g/mol. The zero-order valence-electron chi connectivity index (χ0n) is 12.0. The quantitative estimate of drug-likeness (QED) is 0.660. The standard InChI is InChI=1S/C13H24F3N3/c1-4-18-12(3,10-17)8-6-7-9-19(5-2)11-13(14,15)16/h18H,4-9,11H2,1-3H3. The molecular weight excluding hydrogens is 255 g/mol. The van der Waals surface area contributed by atoms with Crippen molar-refractivity contribution >= 4 is 0 Å². The summed E-state index contributed by atoms with van der Waals surface area (Å²) in [6.07, 6.45) is -2.07. The normalized spacial score (nSPS) is 15.3. The maximum absolute atomic E-state index is 12.3. The minimum Gasteiger partial charge on any atom is -0.300 e. The summed E-state index contributed by atoms with van der Waals surface area (Å²) < 4.78 is 36.8. The lowest BCUT2D eigenvalue weighted by atomic mass is 9.96. The van der Waals surface area contributed by atoms with Crippen molar-refractivity contribution in [3.63, 3.8) is 0 Å². The molecule has 0 aromatic rings. The van der Waals surface area contributed by atoms with Crippen LogP contribution in [0.25, 0.3) is 0 Å². The van der Waals surface area contributed by atoms with E-state index in [1.54, 1.807) is 6.92 Å². The van der Waals surface area contributed by atoms with E-state index in [0.717, 1.165) is 6.42 Å². The molecule has 1 atom stereocenters. The van der Waals surface area contributed by atoms with Crippen LogP contribution in [0.3, 0.4) is 0 Å². The Morgan fingerprint density at radius 1 is 1.21 bits per heavy atom. The summed E-state index contributed by atoms with van der Waals surface area (Å²) in [4.78, 5) is 1.39. The zero-order chi connectivity index (χ0) is 14.9. The van der Waals surface area contributed by atoms with Gasteiger partial charge in [0.2, 0.25) is 0 Å². The Morgan fingerprint density at radius 3 is 2.26 bits per heavy atom. The molecule has 112 valence electrons. The van der Waals surface area contributed by atoms with E-state index in [1.165, 1.54) is 4.90 Å². The number of nitrogens with zero attached hydrogens (tertiary/aromatic N) is 2. The molecule has 0 aliphatic carbocycles. The minimum absolute atomic E-state index is 0.391. The Morgan fingerprint density at radius 2 is 1.84 bits per heavy atom. The Labute approximate surface area is 113 Å². The van der Waals surface area contributed by atoms with Gasteiger partial charge in [0.15, 0.2) is 0 Å². The SMILES string of the molecule is CCNC(C)(C#N)CCCCN(CC)CC(F)(F)F. The fourth-order valence-corrected chi connectivity index (χ4v) is 1.99. The molecule has 0 aromatic heterocycles. The van der Waals surface area contributed by atoms with E-state index in [4.69, 9.17) is 5.26 Å². The number of hydrogen-bond acceptors (Lipinski definition) is 3. The molecule has 0 amide bonds. The fourth-order valence-electron chi connectivity index (χ4n) is 1.99. The topological polar surface area (TPSA) is 39.1 Å². The van der Waals surface area contributed by atoms with E-state index in [-0.39, 0.29) is 0 Å². The molecule has 0 spiro atoms. The predicted molar refractivity (Wildman–Crippen MR) is 69.7 cm³/mol. The third-order valence-electron chi connectivity index (χ3n) is 3.06. The van der Waals surface area contributed by atoms with Crippen LogP contribution in [-0.2, 0) is 0 Å². The molecule has 0 aliphatic heterocycles. The first-order valence-electron chi connectivity index (χ1n) is 6.71. The maximum Gasteiger partial charge on any atom is 0.401 e. The molecule has 0 bridgehead atoms. The van der Waals surface area contributed by atoms with Gasteiger partial charge in [-0.15, -0.1) is 0 Å². The summed E-state index contributed by atoms with van der Waals surface area (Å²) in [5.74, 6) is 0. The maximum atomic E-state index is 12.3. The van der Waals surface area contributed by atoms with Crippen LogP contribution in [-0.4, -0.2) is 42.8 Å². The lowest BCUT2D eigenvalue weighted by Crippen LogP contribution is -2.41. The van der Waals surface area contributed by atoms with E-state index in [9.17, 15) is 13.2 Å². The van der Waals surface area contributed by atoms with E-state index in [2.05, 4.69) is 11.4 Å². The Hall–Kier alpha value is -0.800. The van der Waals surface area contributed by atoms with Gasteiger partial charge in [-0.2, -0.15) is 18.4 Å². The van der Waals surface area contributed by atoms with Crippen LogP contribution in [0.4, 0.5) is 13.2 Å². The summed E-state index contributed by atoms with van der Waals surface area (Å²) in [5, 5.41) is 12.1. The average molecular weight is 279 g/mol. The Balaban J connectivity index is 3.98. The highest BCUT2D eigenvalue weighted by atomic mass is 19.4. The van der Waals surface area contributed by atoms with Gasteiger partial charge in [-0.3, -0.25) is 10.2 Å². The van der Waals surface area contributed by atoms with Crippen molar-refractivity contribution in [2.45, 2.75) is 51.7 Å². The molecule has 0 saturated carbocycles. The van der Waals surface area contributed by atoms with E-state index < -0.39 is 18.3 Å². The van der Waals surface area contributed by atoms with Crippen LogP contribution in [0.1, 0.15) is 40.0 Å². The smallest absolute Gasteiger partial charge is 0.300 e. The first-order valence-corrected chi connectivity index (χ1v) is 6.71. The highest BCUT2D eigenvalue weighted by molar-refractivity contribution is 5.03. The summed E-state index contributed by atoms with van der Waals surface area (Å²) in [6, 6.07) is 2.22. The summed E-state index contributed by atoms with van der Waals surface area (Å²) >= 11 is 0. The van der Waals surface area contributed by atoms with Gasteiger partial charge in [0, 0.05) is 0 Å². The first kappa shape index (κ1) is 18.2. The first-order chi connectivity index (χ1) is 8.76. The van der Waals surface area contributed by atoms with E-state index in [1.807, 2.05) is 13.8 Å². The summed E-state index contributed by atoms with van der Waals surface area (Å²) in [5.41, 5.74) is -0.574. The van der Waals surface area contributed by atoms with Gasteiger partial charge in [0.1, 0.15) is 5.54 Å². The molecule has 0 fully saturated rings. The van der Waals surface area contributed by atoms with Gasteiger partial charge < -0.3 is 0 Å². The lowest BCUT2D eigenvalue weighted by molar-refractivity contribution is -0.145. The van der Waals surface area contributed by atoms with Crippen LogP contribution in [0.5, 0.6) is 0 Å². The van der Waals surface area contributed by atoms with Crippen LogP contribution in [0.15, 0.2) is 0 Å². The molecule has 0 saturated heterocycles. The van der Waals surface area contributed by atoms with Crippen molar-refractivity contribution in [2.24, 2.45) is 0 Å². The molecule has 0 aliphatic rings. The van der Waals surface area contributed by atoms with Crippen molar-refractivity contribution in [1.82, 2.24) is 10.2 Å². The van der Waals surface area contributed by atoms with Crippen LogP contribution >= 0.6 is 0 Å². The largest absolute Gasteiger partial charge is 0.401 e. The molecule has 3 nitrogen and oxygen atoms in total. The second kappa shape index (κ2) is 8.39. The second-order valence-electron chi connectivity index (χ2n) is 4.92. The molecule has 0 heterocycles. The summed E-state index contributed by atoms with van der Waals surface area (Å²) in [6.45, 7) is 6.14. The number of alkyl halides is 3. The van der Waals surface area contributed by atoms with Gasteiger partial charge in [0.25, 0.3) is 0 Å². The van der Waals surface area contributed by atoms with E-state index in [0.29, 0.717) is 32.5 Å². The Kier molecular flexibility index (Phi) is 8.03. The molecule has 1 unspecified atom stereocenters. The highest BCUT2D eigenvalue weighted by Gasteiger charge is 2.29. The molecule has 1 N–H and O–H groups in total. The fraction of sp³-hybridized carbons (Fsp3) is 0.923. The lowest BCUT2D eigenvalue weighted by Gasteiger charge is -2.24. The summed E-state index contributed by atoms with van der Waals surface area (Å²) in [7, 11) is 0. The van der Waals surface area contributed by atoms with Gasteiger partial charge >= 0.3 is 6.18 Å². The van der Waals surface area contributed by atoms with Crippen molar-refractivity contribution in [1.29, 1.82) is 5.26 Å². The number of nitriles is 1. The van der Waals surface area contributed by atoms with Crippen molar-refractivity contribution in [3.05, 3.63) is 0 Å². The Bertz CT molecular complexity index is 286. The third-order valence-corrected chi connectivity index (χ3v) is 3.06. The zero-order valence-corrected chi connectivity index (χ0v) is 12.0. The van der Waals surface area contributed by atoms with Crippen molar-refractivity contribution < 1.29 is 13.2 Å². The highest BCUT2D eigenvalue weighted by Crippen LogP contribution is 2.17. The average Bonchev–Trinajstić information content (AvgIpc) is 2.32. The second-order valence-corrected chi connectivity index (χ2v) is 4.92. The number of hydrogen-bond donors (Lipinski definition) is 1. The molecule has 19 heavy (non-hydrogen) atoms. The number of nitrogens with one attached hydrogen (secondary N) is 1. The predicted octanol–water partition coefficient (Wildman–Crippen LogP) is 2.93. The molecule has 0 radical (unpaired) electrons. The number of halogens is 3.